The first-order chi connectivity index (χ1) is 9.08. The van der Waals surface area contributed by atoms with Crippen LogP contribution in [0.15, 0.2) is 24.5 Å². The highest BCUT2D eigenvalue weighted by molar-refractivity contribution is 6.40. The lowest BCUT2D eigenvalue weighted by Crippen LogP contribution is -1.99. The van der Waals surface area contributed by atoms with Crippen molar-refractivity contribution in [1.82, 2.24) is 20.0 Å². The second-order valence-corrected chi connectivity index (χ2v) is 4.99. The van der Waals surface area contributed by atoms with E-state index in [0.717, 1.165) is 0 Å². The largest absolute Gasteiger partial charge is 0.492 e. The smallest absolute Gasteiger partial charge is 0.242 e. The first-order valence-electron chi connectivity index (χ1n) is 5.11. The summed E-state index contributed by atoms with van der Waals surface area (Å²) in [6.45, 7) is 0. The second kappa shape index (κ2) is 4.52. The third-order valence-corrected chi connectivity index (χ3v) is 3.37. The molecule has 0 unspecified atom stereocenters. The van der Waals surface area contributed by atoms with Crippen molar-refractivity contribution in [3.63, 3.8) is 0 Å². The summed E-state index contributed by atoms with van der Waals surface area (Å²) in [4.78, 5) is 0. The molecule has 2 aromatic heterocycles. The monoisotopic (exact) mass is 314 g/mol. The number of hydrogen-bond acceptors (Lipinski definition) is 4. The Morgan fingerprint density at radius 1 is 1.05 bits per heavy atom. The summed E-state index contributed by atoms with van der Waals surface area (Å²) in [7, 11) is 0. The van der Waals surface area contributed by atoms with Crippen LogP contribution >= 0.6 is 34.8 Å². The van der Waals surface area contributed by atoms with Crippen molar-refractivity contribution in [2.75, 3.05) is 0 Å². The van der Waals surface area contributed by atoms with Gasteiger partial charge < -0.3 is 5.11 Å². The van der Waals surface area contributed by atoms with Crippen molar-refractivity contribution >= 4 is 45.7 Å². The van der Waals surface area contributed by atoms with E-state index >= 15 is 0 Å². The molecule has 5 nitrogen and oxygen atoms in total. The minimum Gasteiger partial charge on any atom is -0.492 e. The molecule has 0 aliphatic heterocycles. The van der Waals surface area contributed by atoms with E-state index in [0.29, 0.717) is 31.7 Å². The number of aromatic nitrogens is 4. The molecule has 0 saturated carbocycles. The van der Waals surface area contributed by atoms with Crippen molar-refractivity contribution in [2.45, 2.75) is 0 Å². The molecule has 1 aromatic carbocycles. The number of halogens is 3. The Morgan fingerprint density at radius 2 is 1.74 bits per heavy atom. The van der Waals surface area contributed by atoms with Crippen molar-refractivity contribution < 1.29 is 5.11 Å². The van der Waals surface area contributed by atoms with Crippen molar-refractivity contribution in [3.8, 4) is 11.6 Å². The number of rotatable bonds is 1. The number of benzene rings is 1. The highest BCUT2D eigenvalue weighted by Crippen LogP contribution is 2.34. The van der Waals surface area contributed by atoms with E-state index in [1.807, 2.05) is 0 Å². The second-order valence-electron chi connectivity index (χ2n) is 3.74. The number of hydrogen-bond donors (Lipinski definition) is 1. The minimum atomic E-state index is -0.204. The summed E-state index contributed by atoms with van der Waals surface area (Å²) in [6.07, 6.45) is 2.92. The summed E-state index contributed by atoms with van der Waals surface area (Å²) < 4.78 is 1.48. The fraction of sp³-hybridized carbons (Fsp3) is 0. The maximum atomic E-state index is 9.60. The molecule has 8 heteroatoms. The third-order valence-electron chi connectivity index (χ3n) is 2.57. The van der Waals surface area contributed by atoms with Gasteiger partial charge in [-0.15, -0.1) is 5.10 Å². The molecule has 2 heterocycles. The Morgan fingerprint density at radius 3 is 2.42 bits per heavy atom. The molecule has 0 bridgehead atoms. The summed E-state index contributed by atoms with van der Waals surface area (Å²) in [5.74, 6) is -0.204. The molecule has 0 aliphatic rings. The van der Waals surface area contributed by atoms with E-state index in [9.17, 15) is 5.11 Å². The summed E-state index contributed by atoms with van der Waals surface area (Å²) in [5, 5.41) is 22.5. The van der Waals surface area contributed by atoms with Gasteiger partial charge >= 0.3 is 0 Å². The van der Waals surface area contributed by atoms with Gasteiger partial charge in [0.05, 0.1) is 33.3 Å². The van der Waals surface area contributed by atoms with Gasteiger partial charge in [0.1, 0.15) is 5.69 Å². The van der Waals surface area contributed by atoms with Crippen LogP contribution in [-0.2, 0) is 0 Å². The molecular weight excluding hydrogens is 311 g/mol. The van der Waals surface area contributed by atoms with Crippen molar-refractivity contribution in [1.29, 1.82) is 0 Å². The van der Waals surface area contributed by atoms with Crippen LogP contribution in [0.1, 0.15) is 0 Å². The Balaban J connectivity index is 2.34. The van der Waals surface area contributed by atoms with Crippen molar-refractivity contribution in [3.05, 3.63) is 39.6 Å². The maximum Gasteiger partial charge on any atom is 0.242 e. The first-order valence-corrected chi connectivity index (χ1v) is 6.24. The number of nitrogens with zero attached hydrogens (tertiary/aromatic N) is 4. The molecule has 1 N–H and O–H groups in total. The van der Waals surface area contributed by atoms with Gasteiger partial charge in [-0.05, 0) is 12.1 Å². The third kappa shape index (κ3) is 2.00. The first kappa shape index (κ1) is 12.5. The summed E-state index contributed by atoms with van der Waals surface area (Å²) in [5.41, 5.74) is 1.01. The average Bonchev–Trinajstić information content (AvgIpc) is 2.73. The van der Waals surface area contributed by atoms with Crippen LogP contribution < -0.4 is 0 Å². The van der Waals surface area contributed by atoms with Crippen LogP contribution in [0.2, 0.25) is 15.1 Å². The van der Waals surface area contributed by atoms with E-state index in [2.05, 4.69) is 15.3 Å². The van der Waals surface area contributed by atoms with Gasteiger partial charge in [0.15, 0.2) is 0 Å². The zero-order valence-electron chi connectivity index (χ0n) is 9.18. The van der Waals surface area contributed by atoms with E-state index < -0.39 is 0 Å². The molecule has 0 fully saturated rings. The summed E-state index contributed by atoms with van der Waals surface area (Å²) >= 11 is 18.1. The van der Waals surface area contributed by atoms with Gasteiger partial charge in [0.2, 0.25) is 5.88 Å². The van der Waals surface area contributed by atoms with Gasteiger partial charge in [0.25, 0.3) is 0 Å². The van der Waals surface area contributed by atoms with Crippen LogP contribution in [0.3, 0.4) is 0 Å². The average molecular weight is 316 g/mol. The van der Waals surface area contributed by atoms with Crippen LogP contribution in [0.25, 0.3) is 16.6 Å². The zero-order valence-corrected chi connectivity index (χ0v) is 11.4. The van der Waals surface area contributed by atoms with Crippen molar-refractivity contribution in [2.24, 2.45) is 0 Å². The fourth-order valence-corrected chi connectivity index (χ4v) is 2.74. The number of aromatic hydroxyl groups is 1. The molecule has 0 amide bonds. The molecule has 3 aromatic rings. The van der Waals surface area contributed by atoms with E-state index in [1.165, 1.54) is 17.1 Å². The lowest BCUT2D eigenvalue weighted by molar-refractivity contribution is 0.452. The van der Waals surface area contributed by atoms with E-state index in [-0.39, 0.29) is 5.88 Å². The molecule has 0 radical (unpaired) electrons. The molecular formula is C11H5Cl3N4O. The summed E-state index contributed by atoms with van der Waals surface area (Å²) in [6, 6.07) is 3.12. The Labute approximate surface area is 122 Å². The van der Waals surface area contributed by atoms with Crippen LogP contribution in [0.5, 0.6) is 5.88 Å². The highest BCUT2D eigenvalue weighted by Gasteiger charge is 2.15. The molecule has 0 aliphatic carbocycles. The quantitative estimate of drug-likeness (QED) is 0.746. The van der Waals surface area contributed by atoms with Gasteiger partial charge in [-0.1, -0.05) is 34.8 Å². The Hall–Kier alpha value is -1.56. The molecule has 0 saturated heterocycles. The van der Waals surface area contributed by atoms with Gasteiger partial charge in [-0.3, -0.25) is 0 Å². The lowest BCUT2D eigenvalue weighted by Gasteiger charge is -2.08. The van der Waals surface area contributed by atoms with Crippen LogP contribution in [0, 0.1) is 0 Å². The predicted octanol–water partition coefficient (Wildman–Crippen LogP) is 3.48. The molecule has 0 atom stereocenters. The highest BCUT2D eigenvalue weighted by atomic mass is 35.5. The van der Waals surface area contributed by atoms with Crippen LogP contribution in [0.4, 0.5) is 0 Å². The Kier molecular flexibility index (Phi) is 2.97. The van der Waals surface area contributed by atoms with E-state index in [1.54, 1.807) is 12.1 Å². The molecule has 19 heavy (non-hydrogen) atoms. The Bertz CT molecular complexity index is 764. The zero-order chi connectivity index (χ0) is 13.6. The predicted molar refractivity (Wildman–Crippen MR) is 73.4 cm³/mol. The lowest BCUT2D eigenvalue weighted by atomic mass is 10.3. The van der Waals surface area contributed by atoms with Gasteiger partial charge in [-0.25, -0.2) is 4.68 Å². The topological polar surface area (TPSA) is 63.8 Å². The molecule has 3 rings (SSSR count). The van der Waals surface area contributed by atoms with E-state index in [4.69, 9.17) is 34.8 Å². The van der Waals surface area contributed by atoms with Gasteiger partial charge in [0, 0.05) is 5.02 Å². The normalized spacial score (nSPS) is 11.1. The number of fused-ring (bicyclic) bond motifs is 1. The minimum absolute atomic E-state index is 0.204. The SMILES string of the molecule is Oc1nncc2c1cnn2-c1c(Cl)cc(Cl)cc1Cl. The maximum absolute atomic E-state index is 9.60. The molecule has 96 valence electrons. The van der Waals surface area contributed by atoms with Gasteiger partial charge in [-0.2, -0.15) is 10.2 Å². The fourth-order valence-electron chi connectivity index (χ4n) is 1.76. The van der Waals surface area contributed by atoms with Crippen LogP contribution in [-0.4, -0.2) is 25.1 Å². The molecule has 0 spiro atoms. The standard InChI is InChI=1S/C11H5Cl3N4O/c12-5-1-7(13)10(8(14)2-5)18-9-4-15-17-11(19)6(9)3-16-18/h1-4H,(H,17,19).